The molecule has 0 saturated carbocycles. The third kappa shape index (κ3) is 3.10. The number of benzene rings is 1. The first-order valence-electron chi connectivity index (χ1n) is 6.63. The molecule has 2 N–H and O–H groups in total. The average Bonchev–Trinajstić information content (AvgIpc) is 2.76. The molecular weight excluding hydrogens is 226 g/mol. The quantitative estimate of drug-likeness (QED) is 0.892. The standard InChI is InChI=1S/C15H23NO2/c1-11(2)12-4-6-13(7-5-12)14(16)10-15(3)17-8-9-18-15/h4-7,11,14H,8-10,16H2,1-3H3. The molecule has 2 rings (SSSR count). The van der Waals surface area contributed by atoms with E-state index in [0.717, 1.165) is 5.56 Å². The minimum absolute atomic E-state index is 0.0469. The Labute approximate surface area is 109 Å². The van der Waals surface area contributed by atoms with Crippen molar-refractivity contribution < 1.29 is 9.47 Å². The minimum Gasteiger partial charge on any atom is -0.348 e. The molecule has 100 valence electrons. The second-order valence-corrected chi connectivity index (χ2v) is 5.46. The largest absolute Gasteiger partial charge is 0.348 e. The maximum Gasteiger partial charge on any atom is 0.167 e. The monoisotopic (exact) mass is 249 g/mol. The van der Waals surface area contributed by atoms with Crippen LogP contribution in [0.15, 0.2) is 24.3 Å². The number of rotatable bonds is 4. The summed E-state index contributed by atoms with van der Waals surface area (Å²) in [5, 5.41) is 0. The summed E-state index contributed by atoms with van der Waals surface area (Å²) < 4.78 is 11.2. The molecule has 0 aromatic heterocycles. The van der Waals surface area contributed by atoms with E-state index in [-0.39, 0.29) is 6.04 Å². The molecule has 1 fully saturated rings. The topological polar surface area (TPSA) is 44.5 Å². The lowest BCUT2D eigenvalue weighted by atomic mass is 9.96. The van der Waals surface area contributed by atoms with Gasteiger partial charge in [-0.2, -0.15) is 0 Å². The van der Waals surface area contributed by atoms with Gasteiger partial charge in [0.2, 0.25) is 0 Å². The second-order valence-electron chi connectivity index (χ2n) is 5.46. The van der Waals surface area contributed by atoms with Crippen LogP contribution >= 0.6 is 0 Å². The second kappa shape index (κ2) is 5.39. The van der Waals surface area contributed by atoms with Crippen LogP contribution in [0.4, 0.5) is 0 Å². The molecule has 1 saturated heterocycles. The van der Waals surface area contributed by atoms with E-state index in [0.29, 0.717) is 25.6 Å². The first kappa shape index (κ1) is 13.5. The fourth-order valence-corrected chi connectivity index (χ4v) is 2.32. The molecule has 1 aliphatic heterocycles. The average molecular weight is 249 g/mol. The Morgan fingerprint density at radius 3 is 2.11 bits per heavy atom. The van der Waals surface area contributed by atoms with E-state index < -0.39 is 5.79 Å². The summed E-state index contributed by atoms with van der Waals surface area (Å²) in [5.74, 6) is 0.0325. The molecule has 1 atom stereocenters. The number of nitrogens with two attached hydrogens (primary N) is 1. The van der Waals surface area contributed by atoms with Gasteiger partial charge in [-0.3, -0.25) is 0 Å². The molecular formula is C15H23NO2. The van der Waals surface area contributed by atoms with Crippen LogP contribution in [0, 0.1) is 0 Å². The van der Waals surface area contributed by atoms with E-state index in [9.17, 15) is 0 Å². The lowest BCUT2D eigenvalue weighted by Gasteiger charge is -2.26. The first-order chi connectivity index (χ1) is 8.50. The molecule has 0 aliphatic carbocycles. The van der Waals surface area contributed by atoms with Crippen LogP contribution < -0.4 is 5.73 Å². The molecule has 0 bridgehead atoms. The Morgan fingerprint density at radius 2 is 1.61 bits per heavy atom. The van der Waals surface area contributed by atoms with Crippen LogP contribution in [0.5, 0.6) is 0 Å². The van der Waals surface area contributed by atoms with Crippen molar-refractivity contribution >= 4 is 0 Å². The van der Waals surface area contributed by atoms with E-state index in [1.54, 1.807) is 0 Å². The van der Waals surface area contributed by atoms with Crippen molar-refractivity contribution in [3.63, 3.8) is 0 Å². The van der Waals surface area contributed by atoms with E-state index in [2.05, 4.69) is 38.1 Å². The van der Waals surface area contributed by atoms with Gasteiger partial charge in [-0.15, -0.1) is 0 Å². The van der Waals surface area contributed by atoms with Gasteiger partial charge >= 0.3 is 0 Å². The zero-order chi connectivity index (χ0) is 13.2. The Morgan fingerprint density at radius 1 is 1.11 bits per heavy atom. The van der Waals surface area contributed by atoms with Crippen LogP contribution in [0.25, 0.3) is 0 Å². The zero-order valence-electron chi connectivity index (χ0n) is 11.5. The highest BCUT2D eigenvalue weighted by molar-refractivity contribution is 5.26. The third-order valence-corrected chi connectivity index (χ3v) is 3.52. The van der Waals surface area contributed by atoms with Crippen molar-refractivity contribution in [3.8, 4) is 0 Å². The van der Waals surface area contributed by atoms with Crippen molar-refractivity contribution in [1.29, 1.82) is 0 Å². The molecule has 0 amide bonds. The van der Waals surface area contributed by atoms with Crippen molar-refractivity contribution in [2.45, 2.75) is 44.9 Å². The predicted octanol–water partition coefficient (Wildman–Crippen LogP) is 2.96. The molecule has 18 heavy (non-hydrogen) atoms. The Bertz CT molecular complexity index is 380. The molecule has 1 aromatic carbocycles. The van der Waals surface area contributed by atoms with Gasteiger partial charge in [0.25, 0.3) is 0 Å². The summed E-state index contributed by atoms with van der Waals surface area (Å²) in [6, 6.07) is 8.47. The smallest absolute Gasteiger partial charge is 0.167 e. The molecule has 1 aliphatic rings. The van der Waals surface area contributed by atoms with Crippen molar-refractivity contribution in [1.82, 2.24) is 0 Å². The van der Waals surface area contributed by atoms with Crippen molar-refractivity contribution in [2.24, 2.45) is 5.73 Å². The summed E-state index contributed by atoms with van der Waals surface area (Å²) in [7, 11) is 0. The van der Waals surface area contributed by atoms with Crippen LogP contribution in [-0.4, -0.2) is 19.0 Å². The SMILES string of the molecule is CC(C)c1ccc(C(N)CC2(C)OCCO2)cc1. The highest BCUT2D eigenvalue weighted by Crippen LogP contribution is 2.29. The van der Waals surface area contributed by atoms with Crippen LogP contribution in [0.1, 0.15) is 50.3 Å². The fraction of sp³-hybridized carbons (Fsp3) is 0.600. The zero-order valence-corrected chi connectivity index (χ0v) is 11.5. The summed E-state index contributed by atoms with van der Waals surface area (Å²) in [6.45, 7) is 7.67. The van der Waals surface area contributed by atoms with Gasteiger partial charge in [0.05, 0.1) is 13.2 Å². The maximum atomic E-state index is 6.23. The van der Waals surface area contributed by atoms with E-state index in [4.69, 9.17) is 15.2 Å². The van der Waals surface area contributed by atoms with E-state index in [1.807, 2.05) is 6.92 Å². The van der Waals surface area contributed by atoms with Crippen LogP contribution in [0.2, 0.25) is 0 Å². The number of ether oxygens (including phenoxy) is 2. The Balaban J connectivity index is 2.02. The number of hydrogen-bond donors (Lipinski definition) is 1. The predicted molar refractivity (Wildman–Crippen MR) is 72.4 cm³/mol. The highest BCUT2D eigenvalue weighted by atomic mass is 16.7. The lowest BCUT2D eigenvalue weighted by molar-refractivity contribution is -0.150. The first-order valence-corrected chi connectivity index (χ1v) is 6.63. The maximum absolute atomic E-state index is 6.23. The van der Waals surface area contributed by atoms with Crippen molar-refractivity contribution in [3.05, 3.63) is 35.4 Å². The molecule has 1 heterocycles. The summed E-state index contributed by atoms with van der Waals surface area (Å²) in [6.07, 6.45) is 0.689. The van der Waals surface area contributed by atoms with Gasteiger partial charge < -0.3 is 15.2 Å². The van der Waals surface area contributed by atoms with Gasteiger partial charge in [-0.05, 0) is 24.0 Å². The third-order valence-electron chi connectivity index (χ3n) is 3.52. The van der Waals surface area contributed by atoms with Gasteiger partial charge in [0.15, 0.2) is 5.79 Å². The fourth-order valence-electron chi connectivity index (χ4n) is 2.32. The summed E-state index contributed by atoms with van der Waals surface area (Å²) >= 11 is 0. The van der Waals surface area contributed by atoms with Gasteiger partial charge in [0, 0.05) is 12.5 Å². The van der Waals surface area contributed by atoms with Gasteiger partial charge in [-0.1, -0.05) is 38.1 Å². The van der Waals surface area contributed by atoms with E-state index >= 15 is 0 Å². The lowest BCUT2D eigenvalue weighted by Crippen LogP contribution is -2.31. The molecule has 1 unspecified atom stereocenters. The molecule has 1 aromatic rings. The molecule has 3 heteroatoms. The molecule has 0 spiro atoms. The van der Waals surface area contributed by atoms with Crippen LogP contribution in [-0.2, 0) is 9.47 Å². The summed E-state index contributed by atoms with van der Waals surface area (Å²) in [5.41, 5.74) is 8.70. The molecule has 3 nitrogen and oxygen atoms in total. The molecule has 0 radical (unpaired) electrons. The highest BCUT2D eigenvalue weighted by Gasteiger charge is 2.33. The Hall–Kier alpha value is -0.900. The Kier molecular flexibility index (Phi) is 4.05. The van der Waals surface area contributed by atoms with E-state index in [1.165, 1.54) is 5.56 Å². The van der Waals surface area contributed by atoms with Gasteiger partial charge in [-0.25, -0.2) is 0 Å². The van der Waals surface area contributed by atoms with Crippen molar-refractivity contribution in [2.75, 3.05) is 13.2 Å². The van der Waals surface area contributed by atoms with Crippen LogP contribution in [0.3, 0.4) is 0 Å². The number of hydrogen-bond acceptors (Lipinski definition) is 3. The summed E-state index contributed by atoms with van der Waals surface area (Å²) in [4.78, 5) is 0. The normalized spacial score (nSPS) is 20.3. The minimum atomic E-state index is -0.518. The van der Waals surface area contributed by atoms with Gasteiger partial charge in [0.1, 0.15) is 0 Å².